The summed E-state index contributed by atoms with van der Waals surface area (Å²) >= 11 is 1.84. The molecule has 0 unspecified atom stereocenters. The van der Waals surface area contributed by atoms with E-state index in [1.165, 1.54) is 0 Å². The summed E-state index contributed by atoms with van der Waals surface area (Å²) in [5.41, 5.74) is 0. The van der Waals surface area contributed by atoms with Gasteiger partial charge in [-0.15, -0.1) is 0 Å². The minimum absolute atomic E-state index is 0.0980. The third kappa shape index (κ3) is 5.38. The van der Waals surface area contributed by atoms with Crippen LogP contribution < -0.4 is 13.4 Å². The van der Waals surface area contributed by atoms with Gasteiger partial charge in [0.1, 0.15) is 0 Å². The van der Waals surface area contributed by atoms with Gasteiger partial charge in [-0.25, -0.2) is 0 Å². The second-order valence-electron chi connectivity index (χ2n) is 4.44. The molecule has 0 saturated carbocycles. The van der Waals surface area contributed by atoms with Crippen LogP contribution in [0.4, 0.5) is 0 Å². The number of benzene rings is 3. The van der Waals surface area contributed by atoms with Crippen LogP contribution >= 0.6 is 3.99 Å². The van der Waals surface area contributed by atoms with Crippen LogP contribution in [-0.2, 0) is 0 Å². The second-order valence-corrected chi connectivity index (χ2v) is 29.3. The fraction of sp³-hybridized carbons (Fsp3) is 0. The maximum absolute atomic E-state index is 2.30. The van der Waals surface area contributed by atoms with Crippen molar-refractivity contribution in [2.75, 3.05) is 0 Å². The molecule has 0 aromatic heterocycles. The molecular formula is C18H15PSe3. The minimum atomic E-state index is 0.0980. The van der Waals surface area contributed by atoms with Crippen LogP contribution in [-0.4, -0.2) is 43.5 Å². The SMILES string of the molecule is c1ccc([Se]P([Se]c2ccccc2)[Se]c2ccccc2)cc1. The molecule has 0 spiro atoms. The summed E-state index contributed by atoms with van der Waals surface area (Å²) in [5, 5.41) is 0. The summed E-state index contributed by atoms with van der Waals surface area (Å²) in [6.07, 6.45) is 0. The summed E-state index contributed by atoms with van der Waals surface area (Å²) in [4.78, 5) is 0. The molecule has 0 radical (unpaired) electrons. The first-order chi connectivity index (χ1) is 10.9. The third-order valence-electron chi connectivity index (χ3n) is 2.77. The van der Waals surface area contributed by atoms with Crippen molar-refractivity contribution in [1.82, 2.24) is 0 Å². The first-order valence-corrected chi connectivity index (χ1v) is 17.5. The van der Waals surface area contributed by atoms with Crippen molar-refractivity contribution in [1.29, 1.82) is 0 Å². The van der Waals surface area contributed by atoms with Crippen LogP contribution in [0.15, 0.2) is 91.0 Å². The van der Waals surface area contributed by atoms with Crippen molar-refractivity contribution >= 4 is 60.9 Å². The third-order valence-corrected chi connectivity index (χ3v) is 27.0. The van der Waals surface area contributed by atoms with Crippen LogP contribution in [0.3, 0.4) is 0 Å². The van der Waals surface area contributed by atoms with Crippen LogP contribution in [0.2, 0.25) is 0 Å². The first-order valence-electron chi connectivity index (χ1n) is 6.89. The number of hydrogen-bond acceptors (Lipinski definition) is 0. The molecule has 0 aliphatic heterocycles. The molecule has 0 bridgehead atoms. The Morgan fingerprint density at radius 3 is 0.955 bits per heavy atom. The topological polar surface area (TPSA) is 0 Å². The Hall–Kier alpha value is -0.352. The zero-order valence-electron chi connectivity index (χ0n) is 11.8. The van der Waals surface area contributed by atoms with E-state index in [1.807, 2.05) is 0 Å². The Bertz CT molecular complexity index is 576. The Morgan fingerprint density at radius 1 is 0.409 bits per heavy atom. The van der Waals surface area contributed by atoms with Crippen molar-refractivity contribution in [2.45, 2.75) is 0 Å². The van der Waals surface area contributed by atoms with E-state index in [1.54, 1.807) is 13.4 Å². The van der Waals surface area contributed by atoms with Crippen molar-refractivity contribution in [3.05, 3.63) is 91.0 Å². The Kier molecular flexibility index (Phi) is 6.80. The monoisotopic (exact) mass is 502 g/mol. The molecule has 0 saturated heterocycles. The van der Waals surface area contributed by atoms with Gasteiger partial charge < -0.3 is 0 Å². The van der Waals surface area contributed by atoms with Crippen molar-refractivity contribution < 1.29 is 0 Å². The molecule has 0 atom stereocenters. The summed E-state index contributed by atoms with van der Waals surface area (Å²) in [6, 6.07) is 33.2. The van der Waals surface area contributed by atoms with E-state index in [2.05, 4.69) is 91.0 Å². The average Bonchev–Trinajstić information content (AvgIpc) is 2.57. The predicted molar refractivity (Wildman–Crippen MR) is 102 cm³/mol. The molecule has 3 rings (SSSR count). The zero-order valence-corrected chi connectivity index (χ0v) is 17.9. The van der Waals surface area contributed by atoms with Crippen LogP contribution in [0.1, 0.15) is 0 Å². The van der Waals surface area contributed by atoms with E-state index in [0.29, 0.717) is 43.5 Å². The number of rotatable bonds is 6. The van der Waals surface area contributed by atoms with E-state index in [9.17, 15) is 0 Å². The van der Waals surface area contributed by atoms with Crippen molar-refractivity contribution in [3.63, 3.8) is 0 Å². The van der Waals surface area contributed by atoms with E-state index in [4.69, 9.17) is 0 Å². The van der Waals surface area contributed by atoms with Gasteiger partial charge in [0.25, 0.3) is 0 Å². The van der Waals surface area contributed by atoms with Crippen LogP contribution in [0.25, 0.3) is 0 Å². The molecular weight excluding hydrogens is 484 g/mol. The molecule has 0 aliphatic carbocycles. The first kappa shape index (κ1) is 16.5. The molecule has 110 valence electrons. The Balaban J connectivity index is 1.75. The van der Waals surface area contributed by atoms with Gasteiger partial charge in [0.05, 0.1) is 0 Å². The molecule has 4 heteroatoms. The average molecular weight is 499 g/mol. The standard InChI is InChI=1S/C18H15PSe3/c1-4-10-16(11-5-1)20-19(21-17-12-6-2-7-13-17)22-18-14-8-3-9-15-18/h1-15H. The van der Waals surface area contributed by atoms with Gasteiger partial charge in [-0.1, -0.05) is 0 Å². The Labute approximate surface area is 151 Å². The fourth-order valence-corrected chi connectivity index (χ4v) is 30.5. The molecule has 0 fully saturated rings. The summed E-state index contributed by atoms with van der Waals surface area (Å²) in [7, 11) is 0. The molecule has 0 amide bonds. The fourth-order valence-electron chi connectivity index (χ4n) is 1.76. The van der Waals surface area contributed by atoms with Gasteiger partial charge in [-0.3, -0.25) is 0 Å². The molecule has 0 N–H and O–H groups in total. The molecule has 0 heterocycles. The summed E-state index contributed by atoms with van der Waals surface area (Å²) in [6.45, 7) is 0. The molecule has 0 nitrogen and oxygen atoms in total. The number of hydrogen-bond donors (Lipinski definition) is 0. The Morgan fingerprint density at radius 2 is 0.682 bits per heavy atom. The molecule has 0 aliphatic rings. The van der Waals surface area contributed by atoms with Gasteiger partial charge in [-0.2, -0.15) is 0 Å². The van der Waals surface area contributed by atoms with Crippen LogP contribution in [0, 0.1) is 0 Å². The second kappa shape index (κ2) is 9.07. The normalized spacial score (nSPS) is 10.8. The van der Waals surface area contributed by atoms with Gasteiger partial charge in [-0.05, 0) is 0 Å². The predicted octanol–water partition coefficient (Wildman–Crippen LogP) is 2.30. The van der Waals surface area contributed by atoms with Crippen molar-refractivity contribution in [2.24, 2.45) is 0 Å². The van der Waals surface area contributed by atoms with Crippen LogP contribution in [0.5, 0.6) is 0 Å². The summed E-state index contributed by atoms with van der Waals surface area (Å²) < 4.78 is 4.76. The van der Waals surface area contributed by atoms with Gasteiger partial charge in [0, 0.05) is 0 Å². The van der Waals surface area contributed by atoms with Gasteiger partial charge >= 0.3 is 152 Å². The zero-order chi connectivity index (χ0) is 15.0. The van der Waals surface area contributed by atoms with E-state index < -0.39 is 0 Å². The van der Waals surface area contributed by atoms with Gasteiger partial charge in [0.15, 0.2) is 0 Å². The molecule has 3 aromatic rings. The maximum atomic E-state index is 2.30. The summed E-state index contributed by atoms with van der Waals surface area (Å²) in [5.74, 6) is 0. The van der Waals surface area contributed by atoms with Crippen molar-refractivity contribution in [3.8, 4) is 0 Å². The van der Waals surface area contributed by atoms with E-state index >= 15 is 0 Å². The van der Waals surface area contributed by atoms with E-state index in [-0.39, 0.29) is 3.99 Å². The molecule has 22 heavy (non-hydrogen) atoms. The quantitative estimate of drug-likeness (QED) is 0.361. The molecule has 3 aromatic carbocycles. The van der Waals surface area contributed by atoms with E-state index in [0.717, 1.165) is 0 Å². The van der Waals surface area contributed by atoms with Gasteiger partial charge in [0.2, 0.25) is 0 Å².